The van der Waals surface area contributed by atoms with Gasteiger partial charge in [-0.05, 0) is 72.9 Å². The van der Waals surface area contributed by atoms with Crippen LogP contribution in [0.1, 0.15) is 46.4 Å². The summed E-state index contributed by atoms with van der Waals surface area (Å²) in [4.78, 5) is 37.0. The minimum absolute atomic E-state index is 0.0230. The van der Waals surface area contributed by atoms with Gasteiger partial charge in [-0.25, -0.2) is 0 Å². The van der Waals surface area contributed by atoms with Gasteiger partial charge in [0.15, 0.2) is 0 Å². The van der Waals surface area contributed by atoms with E-state index in [2.05, 4.69) is 16.0 Å². The highest BCUT2D eigenvalue weighted by molar-refractivity contribution is 5.98. The van der Waals surface area contributed by atoms with Gasteiger partial charge >= 0.3 is 0 Å². The van der Waals surface area contributed by atoms with Crippen LogP contribution in [0.25, 0.3) is 10.8 Å². The van der Waals surface area contributed by atoms with Crippen LogP contribution in [0.4, 0.5) is 0 Å². The zero-order chi connectivity index (χ0) is 26.0. The first-order valence-corrected chi connectivity index (χ1v) is 12.8. The largest absolute Gasteiger partial charge is 0.490 e. The molecule has 3 aromatic carbocycles. The van der Waals surface area contributed by atoms with Gasteiger partial charge in [-0.1, -0.05) is 30.3 Å². The van der Waals surface area contributed by atoms with Crippen molar-refractivity contribution in [2.75, 3.05) is 26.2 Å². The van der Waals surface area contributed by atoms with Crippen molar-refractivity contribution < 1.29 is 19.1 Å². The highest BCUT2D eigenvalue weighted by Gasteiger charge is 2.27. The average Bonchev–Trinajstić information content (AvgIpc) is 2.94. The van der Waals surface area contributed by atoms with E-state index in [1.54, 1.807) is 30.3 Å². The molecule has 37 heavy (non-hydrogen) atoms. The second-order valence-electron chi connectivity index (χ2n) is 9.27. The van der Waals surface area contributed by atoms with Crippen LogP contribution in [0.5, 0.6) is 5.75 Å². The lowest BCUT2D eigenvalue weighted by Crippen LogP contribution is -2.37. The summed E-state index contributed by atoms with van der Waals surface area (Å²) in [5.41, 5.74) is 6.55. The molecule has 0 aromatic heterocycles. The van der Waals surface area contributed by atoms with E-state index in [0.717, 1.165) is 36.5 Å². The first kappa shape index (κ1) is 26.2. The predicted octanol–water partition coefficient (Wildman–Crippen LogP) is 3.01. The Kier molecular flexibility index (Phi) is 9.10. The number of rotatable bonds is 10. The van der Waals surface area contributed by atoms with Gasteiger partial charge in [-0.2, -0.15) is 0 Å². The van der Waals surface area contributed by atoms with Crippen molar-refractivity contribution in [2.24, 2.45) is 11.7 Å². The molecule has 0 bridgehead atoms. The minimum atomic E-state index is -0.212. The molecule has 5 N–H and O–H groups in total. The van der Waals surface area contributed by atoms with E-state index in [0.29, 0.717) is 43.1 Å². The van der Waals surface area contributed by atoms with Crippen molar-refractivity contribution >= 4 is 28.5 Å². The molecule has 1 saturated carbocycles. The van der Waals surface area contributed by atoms with E-state index < -0.39 is 0 Å². The van der Waals surface area contributed by atoms with Crippen molar-refractivity contribution in [1.82, 2.24) is 16.0 Å². The molecule has 0 radical (unpaired) electrons. The summed E-state index contributed by atoms with van der Waals surface area (Å²) in [7, 11) is 0. The Bertz CT molecular complexity index is 1220. The normalized spacial score (nSPS) is 17.1. The van der Waals surface area contributed by atoms with E-state index in [9.17, 15) is 14.4 Å². The molecule has 8 heteroatoms. The molecule has 0 atom stereocenters. The number of carbonyl (C=O) groups is 3. The van der Waals surface area contributed by atoms with Crippen molar-refractivity contribution in [2.45, 2.75) is 31.8 Å². The van der Waals surface area contributed by atoms with Gasteiger partial charge in [0.1, 0.15) is 5.75 Å². The van der Waals surface area contributed by atoms with Crippen molar-refractivity contribution in [1.29, 1.82) is 0 Å². The molecule has 0 spiro atoms. The Hall–Kier alpha value is -3.91. The van der Waals surface area contributed by atoms with Gasteiger partial charge in [0.2, 0.25) is 5.91 Å². The van der Waals surface area contributed by atoms with Crippen LogP contribution in [0, 0.1) is 5.92 Å². The Morgan fingerprint density at radius 3 is 2.03 bits per heavy atom. The Morgan fingerprint density at radius 1 is 0.730 bits per heavy atom. The Labute approximate surface area is 216 Å². The first-order valence-electron chi connectivity index (χ1n) is 12.8. The zero-order valence-corrected chi connectivity index (χ0v) is 20.9. The predicted molar refractivity (Wildman–Crippen MR) is 143 cm³/mol. The highest BCUT2D eigenvalue weighted by atomic mass is 16.5. The number of nitrogens with one attached hydrogen (secondary N) is 3. The molecule has 0 heterocycles. The summed E-state index contributed by atoms with van der Waals surface area (Å²) in [6, 6.07) is 20.5. The third-order valence-electron chi connectivity index (χ3n) is 6.62. The van der Waals surface area contributed by atoms with Crippen LogP contribution in [0.2, 0.25) is 0 Å². The topological polar surface area (TPSA) is 123 Å². The minimum Gasteiger partial charge on any atom is -0.490 e. The molecule has 3 amide bonds. The van der Waals surface area contributed by atoms with E-state index in [1.807, 2.05) is 36.4 Å². The molecule has 4 rings (SSSR count). The molecule has 8 nitrogen and oxygen atoms in total. The van der Waals surface area contributed by atoms with Crippen LogP contribution >= 0.6 is 0 Å². The van der Waals surface area contributed by atoms with E-state index in [1.165, 1.54) is 0 Å². The van der Waals surface area contributed by atoms with Crippen LogP contribution in [-0.4, -0.2) is 50.0 Å². The maximum absolute atomic E-state index is 12.5. The standard InChI is InChI=1S/C29H34N4O4/c30-15-16-31-27(34)21-7-11-25(12-8-21)37-26-13-9-22(10-14-26)28(35)32-17-18-33-29(36)24-6-5-20-3-1-2-4-23(20)19-24/h1-6,9-10,13-14,19,21,25H,7-8,11-12,15-18,30H2,(H,31,34)(H,32,35)(H,33,36)/t21-,25+. The third kappa shape index (κ3) is 7.30. The molecule has 3 aromatic rings. The highest BCUT2D eigenvalue weighted by Crippen LogP contribution is 2.28. The lowest BCUT2D eigenvalue weighted by Gasteiger charge is -2.28. The number of nitrogens with two attached hydrogens (primary N) is 1. The molecule has 1 fully saturated rings. The zero-order valence-electron chi connectivity index (χ0n) is 20.9. The number of carbonyl (C=O) groups excluding carboxylic acids is 3. The van der Waals surface area contributed by atoms with Gasteiger partial charge in [-0.15, -0.1) is 0 Å². The summed E-state index contributed by atoms with van der Waals surface area (Å²) in [5, 5.41) is 10.6. The summed E-state index contributed by atoms with van der Waals surface area (Å²) in [5.74, 6) is 0.416. The molecule has 1 aliphatic rings. The SMILES string of the molecule is NCCNC(=O)[C@H]1CC[C@@H](Oc2ccc(C(=O)NCCNC(=O)c3ccc4ccccc4c3)cc2)CC1. The summed E-state index contributed by atoms with van der Waals surface area (Å²) < 4.78 is 6.06. The Morgan fingerprint density at radius 2 is 1.35 bits per heavy atom. The number of ether oxygens (including phenoxy) is 1. The fraction of sp³-hybridized carbons (Fsp3) is 0.345. The second kappa shape index (κ2) is 12.9. The van der Waals surface area contributed by atoms with Gasteiger partial charge in [0.25, 0.3) is 11.8 Å². The maximum Gasteiger partial charge on any atom is 0.251 e. The quantitative estimate of drug-likeness (QED) is 0.318. The monoisotopic (exact) mass is 502 g/mol. The molecular weight excluding hydrogens is 468 g/mol. The lowest BCUT2D eigenvalue weighted by molar-refractivity contribution is -0.126. The van der Waals surface area contributed by atoms with E-state index in [4.69, 9.17) is 10.5 Å². The van der Waals surface area contributed by atoms with Crippen LogP contribution in [0.15, 0.2) is 66.7 Å². The summed E-state index contributed by atoms with van der Waals surface area (Å²) >= 11 is 0. The van der Waals surface area contributed by atoms with Crippen LogP contribution < -0.4 is 26.4 Å². The Balaban J connectivity index is 1.16. The van der Waals surface area contributed by atoms with Crippen LogP contribution in [-0.2, 0) is 4.79 Å². The first-order chi connectivity index (χ1) is 18.0. The third-order valence-corrected chi connectivity index (χ3v) is 6.62. The van der Waals surface area contributed by atoms with Gasteiger partial charge in [-0.3, -0.25) is 14.4 Å². The number of hydrogen-bond donors (Lipinski definition) is 4. The van der Waals surface area contributed by atoms with Gasteiger partial charge in [0.05, 0.1) is 6.10 Å². The molecule has 0 unspecified atom stereocenters. The number of hydrogen-bond acceptors (Lipinski definition) is 5. The molecule has 1 aliphatic carbocycles. The molecule has 0 aliphatic heterocycles. The fourth-order valence-electron chi connectivity index (χ4n) is 4.55. The summed E-state index contributed by atoms with van der Waals surface area (Å²) in [6.07, 6.45) is 3.27. The molecule has 194 valence electrons. The van der Waals surface area contributed by atoms with E-state index >= 15 is 0 Å². The molecule has 0 saturated heterocycles. The van der Waals surface area contributed by atoms with Crippen molar-refractivity contribution in [3.05, 3.63) is 77.9 Å². The average molecular weight is 503 g/mol. The number of amides is 3. The van der Waals surface area contributed by atoms with Crippen molar-refractivity contribution in [3.8, 4) is 5.75 Å². The smallest absolute Gasteiger partial charge is 0.251 e. The summed E-state index contributed by atoms with van der Waals surface area (Å²) in [6.45, 7) is 1.60. The van der Waals surface area contributed by atoms with Crippen molar-refractivity contribution in [3.63, 3.8) is 0 Å². The second-order valence-corrected chi connectivity index (χ2v) is 9.27. The number of fused-ring (bicyclic) bond motifs is 1. The number of benzene rings is 3. The maximum atomic E-state index is 12.5. The lowest BCUT2D eigenvalue weighted by atomic mass is 9.86. The van der Waals surface area contributed by atoms with E-state index in [-0.39, 0.29) is 29.7 Å². The molecular formula is C29H34N4O4. The van der Waals surface area contributed by atoms with Gasteiger partial charge in [0, 0.05) is 43.2 Å². The van der Waals surface area contributed by atoms with Gasteiger partial charge < -0.3 is 26.4 Å². The fourth-order valence-corrected chi connectivity index (χ4v) is 4.55. The van der Waals surface area contributed by atoms with Crippen LogP contribution in [0.3, 0.4) is 0 Å².